The molecule has 2 heterocycles. The van der Waals surface area contributed by atoms with Crippen molar-refractivity contribution < 1.29 is 14.9 Å². The summed E-state index contributed by atoms with van der Waals surface area (Å²) in [6.07, 6.45) is -0.165. The Balaban J connectivity index is 2.12. The molecule has 0 aromatic heterocycles. The van der Waals surface area contributed by atoms with E-state index < -0.39 is 6.10 Å². The lowest BCUT2D eigenvalue weighted by molar-refractivity contribution is -0.0211. The number of ether oxygens (including phenoxy) is 1. The Hall–Kier alpha value is -0.160. The summed E-state index contributed by atoms with van der Waals surface area (Å²) in [7, 11) is 1.59. The van der Waals surface area contributed by atoms with Gasteiger partial charge in [-0.15, -0.1) is 0 Å². The average Bonchev–Trinajstić information content (AvgIpc) is 2.52. The second-order valence-corrected chi connectivity index (χ2v) is 3.61. The SMILES string of the molecule is COC1C(O)CN2CCC(O)C12. The van der Waals surface area contributed by atoms with Crippen LogP contribution in [0.1, 0.15) is 6.42 Å². The zero-order valence-electron chi connectivity index (χ0n) is 7.18. The summed E-state index contributed by atoms with van der Waals surface area (Å²) < 4.78 is 5.16. The summed E-state index contributed by atoms with van der Waals surface area (Å²) in [5.74, 6) is 0. The van der Waals surface area contributed by atoms with Crippen LogP contribution in [0.15, 0.2) is 0 Å². The lowest BCUT2D eigenvalue weighted by atomic mass is 10.1. The van der Waals surface area contributed by atoms with Crippen LogP contribution in [0.2, 0.25) is 0 Å². The van der Waals surface area contributed by atoms with Crippen molar-refractivity contribution in [2.24, 2.45) is 0 Å². The van der Waals surface area contributed by atoms with Crippen molar-refractivity contribution in [3.63, 3.8) is 0 Å². The van der Waals surface area contributed by atoms with Gasteiger partial charge in [0.2, 0.25) is 0 Å². The van der Waals surface area contributed by atoms with Crippen molar-refractivity contribution in [1.29, 1.82) is 0 Å². The Labute approximate surface area is 71.7 Å². The van der Waals surface area contributed by atoms with E-state index in [0.717, 1.165) is 13.0 Å². The van der Waals surface area contributed by atoms with Crippen molar-refractivity contribution in [1.82, 2.24) is 4.90 Å². The number of methoxy groups -OCH3 is 1. The zero-order valence-corrected chi connectivity index (χ0v) is 7.18. The molecule has 4 unspecified atom stereocenters. The van der Waals surface area contributed by atoms with Crippen molar-refractivity contribution in [3.05, 3.63) is 0 Å². The number of aliphatic hydroxyl groups is 2. The molecular weight excluding hydrogens is 158 g/mol. The third-order valence-electron chi connectivity index (χ3n) is 2.94. The van der Waals surface area contributed by atoms with Crippen molar-refractivity contribution in [2.75, 3.05) is 20.2 Å². The lowest BCUT2D eigenvalue weighted by Gasteiger charge is -2.22. The summed E-state index contributed by atoms with van der Waals surface area (Å²) in [4.78, 5) is 2.10. The van der Waals surface area contributed by atoms with E-state index in [4.69, 9.17) is 4.74 Å². The molecule has 0 aromatic carbocycles. The Kier molecular flexibility index (Phi) is 2.08. The topological polar surface area (TPSA) is 52.9 Å². The van der Waals surface area contributed by atoms with E-state index in [1.54, 1.807) is 7.11 Å². The first-order chi connectivity index (χ1) is 5.74. The number of aliphatic hydroxyl groups excluding tert-OH is 2. The first-order valence-electron chi connectivity index (χ1n) is 4.37. The van der Waals surface area contributed by atoms with Crippen molar-refractivity contribution in [2.45, 2.75) is 30.8 Å². The zero-order chi connectivity index (χ0) is 8.72. The van der Waals surface area contributed by atoms with E-state index in [0.29, 0.717) is 6.54 Å². The van der Waals surface area contributed by atoms with Crippen LogP contribution in [0.5, 0.6) is 0 Å². The maximum absolute atomic E-state index is 9.59. The molecule has 0 spiro atoms. The van der Waals surface area contributed by atoms with E-state index in [2.05, 4.69) is 4.90 Å². The fourth-order valence-corrected chi connectivity index (χ4v) is 2.37. The predicted octanol–water partition coefficient (Wildman–Crippen LogP) is -1.19. The van der Waals surface area contributed by atoms with Gasteiger partial charge in [0, 0.05) is 20.2 Å². The molecule has 2 saturated heterocycles. The van der Waals surface area contributed by atoms with Crippen LogP contribution >= 0.6 is 0 Å². The molecule has 4 nitrogen and oxygen atoms in total. The Morgan fingerprint density at radius 2 is 2.08 bits per heavy atom. The van der Waals surface area contributed by atoms with Crippen LogP contribution in [0, 0.1) is 0 Å². The molecule has 0 radical (unpaired) electrons. The molecule has 4 atom stereocenters. The van der Waals surface area contributed by atoms with Gasteiger partial charge in [-0.1, -0.05) is 0 Å². The van der Waals surface area contributed by atoms with Crippen LogP contribution in [0.25, 0.3) is 0 Å². The molecule has 4 heteroatoms. The Morgan fingerprint density at radius 1 is 1.33 bits per heavy atom. The third-order valence-corrected chi connectivity index (χ3v) is 2.94. The smallest absolute Gasteiger partial charge is 0.102 e. The largest absolute Gasteiger partial charge is 0.391 e. The maximum Gasteiger partial charge on any atom is 0.102 e. The van der Waals surface area contributed by atoms with Gasteiger partial charge in [-0.25, -0.2) is 0 Å². The van der Waals surface area contributed by atoms with Crippen LogP contribution in [0.3, 0.4) is 0 Å². The van der Waals surface area contributed by atoms with Gasteiger partial charge in [0.15, 0.2) is 0 Å². The molecule has 0 bridgehead atoms. The number of rotatable bonds is 1. The summed E-state index contributed by atoms with van der Waals surface area (Å²) in [5.41, 5.74) is 0. The predicted molar refractivity (Wildman–Crippen MR) is 42.8 cm³/mol. The van der Waals surface area contributed by atoms with Crippen LogP contribution in [-0.4, -0.2) is 59.7 Å². The van der Waals surface area contributed by atoms with Gasteiger partial charge >= 0.3 is 0 Å². The van der Waals surface area contributed by atoms with E-state index in [1.165, 1.54) is 0 Å². The van der Waals surface area contributed by atoms with E-state index in [9.17, 15) is 10.2 Å². The van der Waals surface area contributed by atoms with Gasteiger partial charge in [0.05, 0.1) is 18.2 Å². The second-order valence-electron chi connectivity index (χ2n) is 3.61. The average molecular weight is 173 g/mol. The number of hydrogen-bond acceptors (Lipinski definition) is 4. The molecule has 2 N–H and O–H groups in total. The van der Waals surface area contributed by atoms with Gasteiger partial charge in [-0.05, 0) is 6.42 Å². The van der Waals surface area contributed by atoms with Gasteiger partial charge in [-0.2, -0.15) is 0 Å². The highest BCUT2D eigenvalue weighted by Crippen LogP contribution is 2.30. The molecule has 0 saturated carbocycles. The maximum atomic E-state index is 9.59. The summed E-state index contributed by atoms with van der Waals surface area (Å²) in [5, 5.41) is 19.1. The molecule has 0 amide bonds. The highest BCUT2D eigenvalue weighted by molar-refractivity contribution is 5.02. The normalized spacial score (nSPS) is 48.2. The van der Waals surface area contributed by atoms with Crippen LogP contribution in [-0.2, 0) is 4.74 Å². The highest BCUT2D eigenvalue weighted by Gasteiger charge is 2.48. The minimum absolute atomic E-state index is 0.0185. The van der Waals surface area contributed by atoms with Crippen molar-refractivity contribution >= 4 is 0 Å². The van der Waals surface area contributed by atoms with E-state index in [1.807, 2.05) is 0 Å². The molecule has 70 valence electrons. The molecule has 2 aliphatic rings. The Bertz CT molecular complexity index is 176. The monoisotopic (exact) mass is 173 g/mol. The lowest BCUT2D eigenvalue weighted by Crippen LogP contribution is -2.40. The fraction of sp³-hybridized carbons (Fsp3) is 1.00. The number of hydrogen-bond donors (Lipinski definition) is 2. The van der Waals surface area contributed by atoms with E-state index in [-0.39, 0.29) is 18.2 Å². The minimum atomic E-state index is -0.435. The molecule has 2 fully saturated rings. The fourth-order valence-electron chi connectivity index (χ4n) is 2.37. The van der Waals surface area contributed by atoms with Crippen LogP contribution < -0.4 is 0 Å². The Morgan fingerprint density at radius 3 is 2.75 bits per heavy atom. The van der Waals surface area contributed by atoms with Gasteiger partial charge in [0.25, 0.3) is 0 Å². The molecule has 2 aliphatic heterocycles. The highest BCUT2D eigenvalue weighted by atomic mass is 16.5. The first-order valence-corrected chi connectivity index (χ1v) is 4.37. The first kappa shape index (κ1) is 8.44. The number of fused-ring (bicyclic) bond motifs is 1. The summed E-state index contributed by atoms with van der Waals surface area (Å²) in [6.45, 7) is 1.52. The number of nitrogens with zero attached hydrogens (tertiary/aromatic N) is 1. The van der Waals surface area contributed by atoms with E-state index >= 15 is 0 Å². The second kappa shape index (κ2) is 2.96. The molecule has 0 aliphatic carbocycles. The quantitative estimate of drug-likeness (QED) is 0.523. The molecule has 12 heavy (non-hydrogen) atoms. The van der Waals surface area contributed by atoms with Gasteiger partial charge < -0.3 is 14.9 Å². The molecule has 2 rings (SSSR count). The van der Waals surface area contributed by atoms with Crippen LogP contribution in [0.4, 0.5) is 0 Å². The van der Waals surface area contributed by atoms with Crippen molar-refractivity contribution in [3.8, 4) is 0 Å². The van der Waals surface area contributed by atoms with Gasteiger partial charge in [-0.3, -0.25) is 4.90 Å². The van der Waals surface area contributed by atoms with Gasteiger partial charge in [0.1, 0.15) is 6.10 Å². The summed E-state index contributed by atoms with van der Waals surface area (Å²) in [6, 6.07) is 0.0185. The standard InChI is InChI=1S/C8H15NO3/c1-12-8-6(11)4-9-3-2-5(10)7(8)9/h5-8,10-11H,2-4H2,1H3. The molecule has 0 aromatic rings. The third kappa shape index (κ3) is 1.07. The molecular formula is C8H15NO3. The summed E-state index contributed by atoms with van der Waals surface area (Å²) >= 11 is 0. The minimum Gasteiger partial charge on any atom is -0.391 e.